The highest BCUT2D eigenvalue weighted by molar-refractivity contribution is 7.92. The third-order valence-electron chi connectivity index (χ3n) is 7.95. The molecule has 0 aliphatic carbocycles. The second-order valence-electron chi connectivity index (χ2n) is 11.1. The lowest BCUT2D eigenvalue weighted by atomic mass is 10.2. The van der Waals surface area contributed by atoms with Crippen LogP contribution in [0.1, 0.15) is 29.6 Å². The van der Waals surface area contributed by atoms with Gasteiger partial charge in [0.2, 0.25) is 5.91 Å². The number of piperazine rings is 1. The van der Waals surface area contributed by atoms with Crippen LogP contribution in [0.3, 0.4) is 0 Å². The molecule has 45 heavy (non-hydrogen) atoms. The van der Waals surface area contributed by atoms with E-state index < -0.39 is 15.9 Å². The second kappa shape index (κ2) is 15.3. The molecule has 0 atom stereocenters. The molecular weight excluding hydrogens is 637 g/mol. The molecule has 2 saturated heterocycles. The van der Waals surface area contributed by atoms with Gasteiger partial charge in [0.1, 0.15) is 0 Å². The molecule has 0 saturated carbocycles. The molecule has 5 rings (SSSR count). The molecule has 0 unspecified atom stereocenters. The van der Waals surface area contributed by atoms with Gasteiger partial charge in [0.15, 0.2) is 5.75 Å². The number of carbonyl (C=O) groups is 2. The van der Waals surface area contributed by atoms with Gasteiger partial charge in [-0.15, -0.1) is 0 Å². The van der Waals surface area contributed by atoms with Crippen molar-refractivity contribution >= 4 is 50.7 Å². The first kappa shape index (κ1) is 33.0. The van der Waals surface area contributed by atoms with Crippen LogP contribution in [-0.4, -0.2) is 93.8 Å². The van der Waals surface area contributed by atoms with Gasteiger partial charge in [-0.3, -0.25) is 14.5 Å². The third kappa shape index (κ3) is 8.68. The van der Waals surface area contributed by atoms with Crippen LogP contribution >= 0.6 is 23.2 Å². The van der Waals surface area contributed by atoms with E-state index in [9.17, 15) is 18.0 Å². The molecule has 3 aromatic carbocycles. The fourth-order valence-corrected chi connectivity index (χ4v) is 7.11. The molecule has 0 aromatic heterocycles. The van der Waals surface area contributed by atoms with Gasteiger partial charge in [-0.1, -0.05) is 45.9 Å². The molecular formula is C32H37Cl2N5O5S. The minimum atomic E-state index is -4.26. The maximum atomic E-state index is 13.7. The van der Waals surface area contributed by atoms with Crippen molar-refractivity contribution in [2.45, 2.75) is 24.2 Å². The van der Waals surface area contributed by atoms with Crippen LogP contribution < -0.4 is 14.6 Å². The molecule has 10 nitrogen and oxygen atoms in total. The summed E-state index contributed by atoms with van der Waals surface area (Å²) in [6, 6.07) is 18.1. The summed E-state index contributed by atoms with van der Waals surface area (Å²) >= 11 is 12.2. The zero-order valence-electron chi connectivity index (χ0n) is 24.9. The lowest BCUT2D eigenvalue weighted by molar-refractivity contribution is -0.131. The molecule has 0 radical (unpaired) electrons. The molecule has 240 valence electrons. The van der Waals surface area contributed by atoms with Crippen molar-refractivity contribution in [3.63, 3.8) is 0 Å². The Labute approximate surface area is 274 Å². The van der Waals surface area contributed by atoms with Gasteiger partial charge >= 0.3 is 0 Å². The summed E-state index contributed by atoms with van der Waals surface area (Å²) in [5.74, 6) is -0.527. The highest BCUT2D eigenvalue weighted by Gasteiger charge is 2.29. The maximum absolute atomic E-state index is 13.7. The molecule has 3 aromatic rings. The van der Waals surface area contributed by atoms with Crippen LogP contribution in [0.5, 0.6) is 5.75 Å². The quantitative estimate of drug-likeness (QED) is 0.282. The maximum Gasteiger partial charge on any atom is 0.295 e. The molecule has 2 amide bonds. The Morgan fingerprint density at radius 2 is 1.47 bits per heavy atom. The first-order valence-electron chi connectivity index (χ1n) is 15.0. The molecule has 13 heteroatoms. The molecule has 2 aliphatic rings. The fraction of sp³-hybridized carbons (Fsp3) is 0.375. The Hall–Kier alpha value is -3.35. The first-order chi connectivity index (χ1) is 21.7. The molecule has 2 fully saturated rings. The molecule has 0 bridgehead atoms. The summed E-state index contributed by atoms with van der Waals surface area (Å²) in [4.78, 5) is 38.0. The number of likely N-dealkylation sites (tertiary alicyclic amines) is 1. The minimum Gasteiger partial charge on any atom is -0.363 e. The number of carbonyl (C=O) groups excluding carboxylic acids is 2. The lowest BCUT2D eigenvalue weighted by Gasteiger charge is -2.35. The number of sulfonamides is 1. The van der Waals surface area contributed by atoms with Crippen LogP contribution in [0.2, 0.25) is 10.0 Å². The number of anilines is 1. The van der Waals surface area contributed by atoms with Gasteiger partial charge in [-0.05, 0) is 100 Å². The van der Waals surface area contributed by atoms with Gasteiger partial charge in [-0.2, -0.15) is 8.42 Å². The Morgan fingerprint density at radius 3 is 2.11 bits per heavy atom. The van der Waals surface area contributed by atoms with Gasteiger partial charge in [0.05, 0.1) is 22.2 Å². The van der Waals surface area contributed by atoms with Gasteiger partial charge in [-0.25, -0.2) is 0 Å². The van der Waals surface area contributed by atoms with E-state index in [0.717, 1.165) is 37.1 Å². The number of rotatable bonds is 12. The van der Waals surface area contributed by atoms with Crippen molar-refractivity contribution < 1.29 is 22.8 Å². The number of hydrogen-bond acceptors (Lipinski definition) is 7. The minimum absolute atomic E-state index is 0.0908. The third-order valence-corrected chi connectivity index (χ3v) is 10.1. The summed E-state index contributed by atoms with van der Waals surface area (Å²) in [6.07, 6.45) is 3.74. The Kier molecular flexibility index (Phi) is 11.2. The predicted molar refractivity (Wildman–Crippen MR) is 175 cm³/mol. The Balaban J connectivity index is 1.15. The zero-order chi connectivity index (χ0) is 31.8. The Bertz CT molecular complexity index is 1560. The summed E-state index contributed by atoms with van der Waals surface area (Å²) in [5.41, 5.74) is 0.462. The average molecular weight is 675 g/mol. The van der Waals surface area contributed by atoms with E-state index in [1.807, 2.05) is 0 Å². The van der Waals surface area contributed by atoms with E-state index in [0.29, 0.717) is 18.1 Å². The van der Waals surface area contributed by atoms with E-state index >= 15 is 0 Å². The van der Waals surface area contributed by atoms with Crippen molar-refractivity contribution in [1.29, 1.82) is 0 Å². The van der Waals surface area contributed by atoms with E-state index in [-0.39, 0.29) is 39.4 Å². The van der Waals surface area contributed by atoms with Crippen LogP contribution in [0.15, 0.2) is 77.7 Å². The van der Waals surface area contributed by atoms with Crippen LogP contribution in [0.25, 0.3) is 0 Å². The van der Waals surface area contributed by atoms with E-state index in [4.69, 9.17) is 28.0 Å². The summed E-state index contributed by atoms with van der Waals surface area (Å²) < 4.78 is 28.2. The Morgan fingerprint density at radius 1 is 0.822 bits per heavy atom. The van der Waals surface area contributed by atoms with E-state index in [1.165, 1.54) is 68.4 Å². The van der Waals surface area contributed by atoms with Crippen molar-refractivity contribution in [2.75, 3.05) is 63.4 Å². The zero-order valence-corrected chi connectivity index (χ0v) is 27.2. The first-order valence-corrected chi connectivity index (χ1v) is 17.2. The lowest BCUT2D eigenvalue weighted by Crippen LogP contribution is -2.51. The number of nitrogens with one attached hydrogen (secondary N) is 1. The van der Waals surface area contributed by atoms with E-state index in [2.05, 4.69) is 15.1 Å². The number of nitrogens with zero attached hydrogens (tertiary/aromatic N) is 4. The smallest absolute Gasteiger partial charge is 0.295 e. The predicted octanol–water partition coefficient (Wildman–Crippen LogP) is 4.54. The molecule has 2 heterocycles. The summed E-state index contributed by atoms with van der Waals surface area (Å²) in [5, 5.41) is 3.17. The number of benzene rings is 3. The fourth-order valence-electron chi connectivity index (χ4n) is 5.42. The number of hydrogen-bond donors (Lipinski definition) is 1. The van der Waals surface area contributed by atoms with Gasteiger partial charge < -0.3 is 20.0 Å². The van der Waals surface area contributed by atoms with Crippen LogP contribution in [-0.2, 0) is 14.8 Å². The number of para-hydroxylation sites is 1. The van der Waals surface area contributed by atoms with Crippen molar-refractivity contribution in [3.05, 3.63) is 88.4 Å². The summed E-state index contributed by atoms with van der Waals surface area (Å²) in [6.45, 7) is 7.36. The topological polar surface area (TPSA) is 102 Å². The standard InChI is InChI=1S/C32H37Cl2N5O5S/c33-26-11-14-30(29(34)23-26)44-39(27-7-2-1-3-8-27)45(42,43)28-12-9-25(10-13-28)32(41)35-24-31(40)38-21-19-37(20-22-38)18-6-17-36-15-4-5-16-36/h1-3,7-14,23H,4-6,15-22,24H2,(H,35,41). The number of amides is 2. The van der Waals surface area contributed by atoms with E-state index in [1.54, 1.807) is 35.2 Å². The monoisotopic (exact) mass is 673 g/mol. The molecule has 2 aliphatic heterocycles. The van der Waals surface area contributed by atoms with Gasteiger partial charge in [0, 0.05) is 36.8 Å². The van der Waals surface area contributed by atoms with Crippen molar-refractivity contribution in [3.8, 4) is 5.75 Å². The number of halogens is 2. The SMILES string of the molecule is O=C(NCC(=O)N1CCN(CCCN2CCCC2)CC1)c1ccc(S(=O)(=O)N(Oc2ccc(Cl)cc2Cl)c2ccccc2)cc1. The highest BCUT2D eigenvalue weighted by Crippen LogP contribution is 2.32. The van der Waals surface area contributed by atoms with Crippen molar-refractivity contribution in [1.82, 2.24) is 20.0 Å². The van der Waals surface area contributed by atoms with Crippen molar-refractivity contribution in [2.24, 2.45) is 0 Å². The second-order valence-corrected chi connectivity index (χ2v) is 13.7. The van der Waals surface area contributed by atoms with Gasteiger partial charge in [0.25, 0.3) is 15.9 Å². The van der Waals surface area contributed by atoms with Crippen LogP contribution in [0, 0.1) is 0 Å². The largest absolute Gasteiger partial charge is 0.363 e. The molecule has 0 spiro atoms. The highest BCUT2D eigenvalue weighted by atomic mass is 35.5. The summed E-state index contributed by atoms with van der Waals surface area (Å²) in [7, 11) is -4.26. The normalized spacial score (nSPS) is 16.0. The molecule has 1 N–H and O–H groups in total. The average Bonchev–Trinajstić information content (AvgIpc) is 3.57. The van der Waals surface area contributed by atoms with Crippen LogP contribution in [0.4, 0.5) is 5.69 Å².